The minimum absolute atomic E-state index is 0.00335. The van der Waals surface area contributed by atoms with Gasteiger partial charge < -0.3 is 4.84 Å². The third kappa shape index (κ3) is 3.69. The Hall–Kier alpha value is -3.14. The second-order valence-electron chi connectivity index (χ2n) is 4.91. The molecule has 130 valence electrons. The van der Waals surface area contributed by atoms with Crippen molar-refractivity contribution in [1.82, 2.24) is 9.71 Å². The zero-order valence-electron chi connectivity index (χ0n) is 12.6. The summed E-state index contributed by atoms with van der Waals surface area (Å²) in [4.78, 5) is 14.4. The topological polar surface area (TPSA) is 84.5 Å². The molecule has 1 aromatic carbocycles. The number of nitrogens with zero attached hydrogens (tertiary/aromatic N) is 3. The van der Waals surface area contributed by atoms with Crippen LogP contribution in [0.3, 0.4) is 0 Å². The number of halogens is 3. The fourth-order valence-corrected chi connectivity index (χ4v) is 2.14. The molecule has 0 radical (unpaired) electrons. The lowest BCUT2D eigenvalue weighted by Gasteiger charge is -2.13. The molecule has 0 aliphatic rings. The number of hydrogen-bond donors (Lipinski definition) is 2. The Kier molecular flexibility index (Phi) is 4.52. The highest BCUT2D eigenvalue weighted by Gasteiger charge is 2.31. The first-order valence-corrected chi connectivity index (χ1v) is 7.00. The smallest absolute Gasteiger partial charge is 0.383 e. The minimum Gasteiger partial charge on any atom is -0.383 e. The maximum Gasteiger partial charge on any atom is 0.416 e. The second kappa shape index (κ2) is 6.77. The van der Waals surface area contributed by atoms with Gasteiger partial charge in [0, 0.05) is 17.8 Å². The van der Waals surface area contributed by atoms with E-state index in [0.29, 0.717) is 5.52 Å². The van der Waals surface area contributed by atoms with Crippen LogP contribution in [0.2, 0.25) is 0 Å². The Bertz CT molecular complexity index is 894. The van der Waals surface area contributed by atoms with Gasteiger partial charge in [0.25, 0.3) is 0 Å². The van der Waals surface area contributed by atoms with Gasteiger partial charge in [0.2, 0.25) is 6.79 Å². The van der Waals surface area contributed by atoms with E-state index in [1.165, 1.54) is 4.73 Å². The molecule has 0 bridgehead atoms. The Morgan fingerprint density at radius 1 is 1.24 bits per heavy atom. The predicted molar refractivity (Wildman–Crippen MR) is 82.1 cm³/mol. The van der Waals surface area contributed by atoms with Gasteiger partial charge in [0.1, 0.15) is 11.2 Å². The van der Waals surface area contributed by atoms with Crippen molar-refractivity contribution >= 4 is 22.3 Å². The molecule has 3 aromatic rings. The van der Waals surface area contributed by atoms with E-state index in [0.717, 1.165) is 23.6 Å². The third-order valence-electron chi connectivity index (χ3n) is 3.34. The van der Waals surface area contributed by atoms with E-state index >= 15 is 0 Å². The van der Waals surface area contributed by atoms with Crippen LogP contribution in [0.25, 0.3) is 10.9 Å². The quantitative estimate of drug-likeness (QED) is 0.302. The molecular weight excluding hydrogens is 339 g/mol. The van der Waals surface area contributed by atoms with Crippen LogP contribution in [0.15, 0.2) is 54.0 Å². The predicted octanol–water partition coefficient (Wildman–Crippen LogP) is 4.15. The molecule has 0 unspecified atom stereocenters. The highest BCUT2D eigenvalue weighted by molar-refractivity contribution is 5.78. The molecule has 3 rings (SSSR count). The molecule has 7 nitrogen and oxygen atoms in total. The van der Waals surface area contributed by atoms with Crippen molar-refractivity contribution in [3.05, 3.63) is 54.5 Å². The van der Waals surface area contributed by atoms with Gasteiger partial charge in [-0.15, -0.1) is 0 Å². The van der Waals surface area contributed by atoms with Crippen LogP contribution >= 0.6 is 0 Å². The van der Waals surface area contributed by atoms with E-state index < -0.39 is 11.7 Å². The van der Waals surface area contributed by atoms with Crippen molar-refractivity contribution in [3.8, 4) is 0 Å². The number of rotatable bonds is 6. The number of nitrogens with one attached hydrogen (secondary N) is 2. The van der Waals surface area contributed by atoms with E-state index in [2.05, 4.69) is 15.6 Å². The van der Waals surface area contributed by atoms with Crippen molar-refractivity contribution in [3.63, 3.8) is 0 Å². The SMILES string of the molecule is N=Nc1ccc(C(F)(F)F)cc1NOCOn1ccc2ccncc21. The molecule has 2 heterocycles. The summed E-state index contributed by atoms with van der Waals surface area (Å²) in [5, 5.41) is 4.06. The van der Waals surface area contributed by atoms with E-state index in [1.54, 1.807) is 24.7 Å². The summed E-state index contributed by atoms with van der Waals surface area (Å²) in [7, 11) is 0. The summed E-state index contributed by atoms with van der Waals surface area (Å²) in [6.45, 7) is -0.299. The number of hydrogen-bond acceptors (Lipinski definition) is 6. The van der Waals surface area contributed by atoms with Gasteiger partial charge in [0.05, 0.1) is 17.4 Å². The van der Waals surface area contributed by atoms with Crippen LogP contribution in [-0.4, -0.2) is 16.5 Å². The van der Waals surface area contributed by atoms with Crippen LogP contribution in [0, 0.1) is 5.53 Å². The van der Waals surface area contributed by atoms with Gasteiger partial charge in [0.15, 0.2) is 0 Å². The fraction of sp³-hybridized carbons (Fsp3) is 0.133. The van der Waals surface area contributed by atoms with E-state index in [4.69, 9.17) is 15.2 Å². The summed E-state index contributed by atoms with van der Waals surface area (Å²) in [5.74, 6) is 0. The van der Waals surface area contributed by atoms with Crippen LogP contribution in [-0.2, 0) is 11.0 Å². The van der Waals surface area contributed by atoms with Crippen molar-refractivity contribution < 1.29 is 22.8 Å². The van der Waals surface area contributed by atoms with Gasteiger partial charge in [-0.2, -0.15) is 23.0 Å². The minimum atomic E-state index is -4.51. The van der Waals surface area contributed by atoms with Gasteiger partial charge in [-0.25, -0.2) is 10.4 Å². The van der Waals surface area contributed by atoms with Crippen molar-refractivity contribution in [2.75, 3.05) is 12.3 Å². The number of anilines is 1. The molecule has 0 aliphatic carbocycles. The molecule has 25 heavy (non-hydrogen) atoms. The fourth-order valence-electron chi connectivity index (χ4n) is 2.14. The largest absolute Gasteiger partial charge is 0.416 e. The lowest BCUT2D eigenvalue weighted by molar-refractivity contribution is -0.137. The second-order valence-corrected chi connectivity index (χ2v) is 4.91. The average molecular weight is 351 g/mol. The molecule has 0 aliphatic heterocycles. The van der Waals surface area contributed by atoms with Crippen molar-refractivity contribution in [2.24, 2.45) is 5.11 Å². The van der Waals surface area contributed by atoms with Crippen molar-refractivity contribution in [2.45, 2.75) is 6.18 Å². The summed E-state index contributed by atoms with van der Waals surface area (Å²) in [6, 6.07) is 6.34. The number of aromatic nitrogens is 2. The normalized spacial score (nSPS) is 11.5. The van der Waals surface area contributed by atoms with E-state index in [-0.39, 0.29) is 18.2 Å². The highest BCUT2D eigenvalue weighted by Crippen LogP contribution is 2.35. The molecule has 0 amide bonds. The van der Waals surface area contributed by atoms with Crippen LogP contribution in [0.5, 0.6) is 0 Å². The molecule has 0 spiro atoms. The monoisotopic (exact) mass is 351 g/mol. The lowest BCUT2D eigenvalue weighted by Crippen LogP contribution is -2.17. The number of benzene rings is 1. The highest BCUT2D eigenvalue weighted by atomic mass is 19.4. The average Bonchev–Trinajstić information content (AvgIpc) is 3.01. The van der Waals surface area contributed by atoms with Gasteiger partial charge in [-0.05, 0) is 30.3 Å². The van der Waals surface area contributed by atoms with E-state index in [9.17, 15) is 13.2 Å². The van der Waals surface area contributed by atoms with Crippen molar-refractivity contribution in [1.29, 1.82) is 5.53 Å². The van der Waals surface area contributed by atoms with Crippen LogP contribution in [0.4, 0.5) is 24.5 Å². The maximum atomic E-state index is 12.7. The summed E-state index contributed by atoms with van der Waals surface area (Å²) >= 11 is 0. The van der Waals surface area contributed by atoms with Gasteiger partial charge in [-0.3, -0.25) is 10.5 Å². The first kappa shape index (κ1) is 16.7. The summed E-state index contributed by atoms with van der Waals surface area (Å²) in [5.41, 5.74) is 9.07. The summed E-state index contributed by atoms with van der Waals surface area (Å²) < 4.78 is 39.7. The Morgan fingerprint density at radius 3 is 2.84 bits per heavy atom. The molecule has 0 fully saturated rings. The number of fused-ring (bicyclic) bond motifs is 1. The van der Waals surface area contributed by atoms with Gasteiger partial charge in [-0.1, -0.05) is 0 Å². The standard InChI is InChI=1S/C15H12F3N5O2/c16-15(17,18)11-1-2-12(21-19)13(7-11)22-24-9-25-23-6-4-10-3-5-20-8-14(10)23/h1-8,19,22H,9H2. The first-order valence-electron chi connectivity index (χ1n) is 7.00. The zero-order chi connectivity index (χ0) is 17.9. The van der Waals surface area contributed by atoms with E-state index in [1.807, 2.05) is 6.07 Å². The van der Waals surface area contributed by atoms with Gasteiger partial charge >= 0.3 is 6.18 Å². The summed E-state index contributed by atoms with van der Waals surface area (Å²) in [6.07, 6.45) is 0.395. The molecule has 2 aromatic heterocycles. The molecule has 0 saturated heterocycles. The Labute approximate surface area is 139 Å². The molecule has 10 heteroatoms. The first-order chi connectivity index (χ1) is 12.0. The van der Waals surface area contributed by atoms with Crippen LogP contribution in [0.1, 0.15) is 5.56 Å². The Balaban J connectivity index is 1.64. The Morgan fingerprint density at radius 2 is 2.08 bits per heavy atom. The molecular formula is C15H12F3N5O2. The molecule has 2 N–H and O–H groups in total. The number of alkyl halides is 3. The lowest BCUT2D eigenvalue weighted by atomic mass is 10.1. The molecule has 0 saturated carbocycles. The number of pyridine rings is 1. The maximum absolute atomic E-state index is 12.7. The molecule has 0 atom stereocenters. The van der Waals surface area contributed by atoms with Crippen LogP contribution < -0.4 is 10.3 Å². The third-order valence-corrected chi connectivity index (χ3v) is 3.34. The zero-order valence-corrected chi connectivity index (χ0v) is 12.6.